The number of pyridine rings is 1. The van der Waals surface area contributed by atoms with Crippen molar-refractivity contribution >= 4 is 22.7 Å². The van der Waals surface area contributed by atoms with E-state index < -0.39 is 5.97 Å². The lowest BCUT2D eigenvalue weighted by atomic mass is 10.0. The van der Waals surface area contributed by atoms with E-state index in [4.69, 9.17) is 4.74 Å². The topological polar surface area (TPSA) is 56.3 Å². The molecule has 1 heterocycles. The van der Waals surface area contributed by atoms with Crippen LogP contribution in [-0.2, 0) is 4.79 Å². The number of hydrogen-bond donors (Lipinski definition) is 0. The minimum Gasteiger partial charge on any atom is -0.426 e. The Morgan fingerprint density at radius 2 is 1.72 bits per heavy atom. The lowest BCUT2D eigenvalue weighted by Crippen LogP contribution is -2.10. The average molecular weight is 341 g/mol. The SMILES string of the molecule is CCCCCCCCC(=O)c1nc2ccccc2c(OC(C)=O)c1C. The van der Waals surface area contributed by atoms with Gasteiger partial charge in [-0.25, -0.2) is 4.98 Å². The number of unbranched alkanes of at least 4 members (excludes halogenated alkanes) is 5. The number of rotatable bonds is 9. The lowest BCUT2D eigenvalue weighted by molar-refractivity contribution is -0.131. The number of esters is 1. The summed E-state index contributed by atoms with van der Waals surface area (Å²) in [4.78, 5) is 28.6. The largest absolute Gasteiger partial charge is 0.426 e. The fourth-order valence-corrected chi connectivity index (χ4v) is 3.01. The van der Waals surface area contributed by atoms with Crippen molar-refractivity contribution in [3.05, 3.63) is 35.5 Å². The van der Waals surface area contributed by atoms with E-state index >= 15 is 0 Å². The molecule has 2 rings (SSSR count). The van der Waals surface area contributed by atoms with Crippen molar-refractivity contribution in [2.45, 2.75) is 65.7 Å². The Morgan fingerprint density at radius 3 is 2.44 bits per heavy atom. The number of ether oxygens (including phenoxy) is 1. The highest BCUT2D eigenvalue weighted by Gasteiger charge is 2.19. The molecule has 0 aliphatic heterocycles. The van der Waals surface area contributed by atoms with E-state index in [0.29, 0.717) is 28.9 Å². The molecule has 4 nitrogen and oxygen atoms in total. The van der Waals surface area contributed by atoms with Crippen LogP contribution in [0.25, 0.3) is 10.9 Å². The molecule has 0 aliphatic carbocycles. The average Bonchev–Trinajstić information content (AvgIpc) is 2.59. The van der Waals surface area contributed by atoms with Crippen molar-refractivity contribution in [3.8, 4) is 5.75 Å². The molecule has 0 fully saturated rings. The molecule has 0 bridgehead atoms. The third-order valence-electron chi connectivity index (χ3n) is 4.34. The molecule has 4 heteroatoms. The third kappa shape index (κ3) is 5.12. The van der Waals surface area contributed by atoms with E-state index in [1.54, 1.807) is 6.92 Å². The van der Waals surface area contributed by atoms with Gasteiger partial charge in [-0.15, -0.1) is 0 Å². The maximum atomic E-state index is 12.6. The van der Waals surface area contributed by atoms with Crippen molar-refractivity contribution in [1.29, 1.82) is 0 Å². The number of hydrogen-bond acceptors (Lipinski definition) is 4. The number of Topliss-reactive ketones (excluding diaryl/α,β-unsaturated/α-hetero) is 1. The summed E-state index contributed by atoms with van der Waals surface area (Å²) in [5.74, 6) is 0.0744. The van der Waals surface area contributed by atoms with E-state index in [0.717, 1.165) is 18.2 Å². The summed E-state index contributed by atoms with van der Waals surface area (Å²) in [6.07, 6.45) is 7.30. The van der Waals surface area contributed by atoms with E-state index in [-0.39, 0.29) is 5.78 Å². The van der Waals surface area contributed by atoms with Crippen LogP contribution < -0.4 is 4.74 Å². The summed E-state index contributed by atoms with van der Waals surface area (Å²) < 4.78 is 5.39. The summed E-state index contributed by atoms with van der Waals surface area (Å²) in [6, 6.07) is 7.43. The van der Waals surface area contributed by atoms with Crippen LogP contribution in [0, 0.1) is 6.92 Å². The summed E-state index contributed by atoms with van der Waals surface area (Å²) in [5, 5.41) is 0.756. The highest BCUT2D eigenvalue weighted by atomic mass is 16.5. The number of carbonyl (C=O) groups is 2. The number of para-hydroxylation sites is 1. The van der Waals surface area contributed by atoms with Gasteiger partial charge in [0.15, 0.2) is 5.78 Å². The smallest absolute Gasteiger partial charge is 0.308 e. The molecule has 0 saturated heterocycles. The second kappa shape index (κ2) is 9.30. The van der Waals surface area contributed by atoms with Gasteiger partial charge >= 0.3 is 5.97 Å². The van der Waals surface area contributed by atoms with Gasteiger partial charge in [0, 0.05) is 24.3 Å². The molecule has 0 atom stereocenters. The quantitative estimate of drug-likeness (QED) is 0.348. The molecule has 0 N–H and O–H groups in total. The molecular formula is C21H27NO3. The molecule has 1 aromatic heterocycles. The maximum absolute atomic E-state index is 12.6. The number of nitrogens with zero attached hydrogens (tertiary/aromatic N) is 1. The van der Waals surface area contributed by atoms with Crippen molar-refractivity contribution in [2.75, 3.05) is 0 Å². The minimum atomic E-state index is -0.395. The third-order valence-corrected chi connectivity index (χ3v) is 4.34. The second-order valence-corrected chi connectivity index (χ2v) is 6.47. The van der Waals surface area contributed by atoms with Gasteiger partial charge in [-0.05, 0) is 25.5 Å². The zero-order valence-corrected chi connectivity index (χ0v) is 15.4. The fourth-order valence-electron chi connectivity index (χ4n) is 3.01. The zero-order valence-electron chi connectivity index (χ0n) is 15.4. The molecule has 1 aromatic carbocycles. The standard InChI is InChI=1S/C21H27NO3/c1-4-5-6-7-8-9-14-19(24)20-15(2)21(25-16(3)23)17-12-10-11-13-18(17)22-20/h10-13H,4-9,14H2,1-3H3. The summed E-state index contributed by atoms with van der Waals surface area (Å²) >= 11 is 0. The summed E-state index contributed by atoms with van der Waals surface area (Å²) in [7, 11) is 0. The van der Waals surface area contributed by atoms with Crippen molar-refractivity contribution in [1.82, 2.24) is 4.98 Å². The zero-order chi connectivity index (χ0) is 18.2. The number of benzene rings is 1. The van der Waals surface area contributed by atoms with Crippen LogP contribution in [-0.4, -0.2) is 16.7 Å². The molecule has 0 aliphatic rings. The van der Waals surface area contributed by atoms with Crippen LogP contribution in [0.5, 0.6) is 5.75 Å². The van der Waals surface area contributed by atoms with Gasteiger partial charge in [0.05, 0.1) is 5.52 Å². The van der Waals surface area contributed by atoms with Gasteiger partial charge in [0.25, 0.3) is 0 Å². The second-order valence-electron chi connectivity index (χ2n) is 6.47. The first kappa shape index (κ1) is 19.1. The van der Waals surface area contributed by atoms with Crippen molar-refractivity contribution in [2.24, 2.45) is 0 Å². The van der Waals surface area contributed by atoms with E-state index in [2.05, 4.69) is 11.9 Å². The Hall–Kier alpha value is -2.23. The number of aromatic nitrogens is 1. The van der Waals surface area contributed by atoms with Gasteiger partial charge in [-0.3, -0.25) is 9.59 Å². The molecule has 0 amide bonds. The molecule has 25 heavy (non-hydrogen) atoms. The summed E-state index contributed by atoms with van der Waals surface area (Å²) in [6.45, 7) is 5.36. The molecule has 2 aromatic rings. The molecular weight excluding hydrogens is 314 g/mol. The van der Waals surface area contributed by atoms with Crippen LogP contribution in [0.2, 0.25) is 0 Å². The normalized spacial score (nSPS) is 10.8. The Kier molecular flexibility index (Phi) is 7.11. The van der Waals surface area contributed by atoms with Crippen molar-refractivity contribution < 1.29 is 14.3 Å². The predicted molar refractivity (Wildman–Crippen MR) is 100 cm³/mol. The van der Waals surface area contributed by atoms with E-state index in [1.807, 2.05) is 24.3 Å². The molecule has 0 radical (unpaired) electrons. The molecule has 0 unspecified atom stereocenters. The highest BCUT2D eigenvalue weighted by Crippen LogP contribution is 2.31. The number of ketones is 1. The van der Waals surface area contributed by atoms with Gasteiger partial charge < -0.3 is 4.74 Å². The Morgan fingerprint density at radius 1 is 1.04 bits per heavy atom. The van der Waals surface area contributed by atoms with Crippen LogP contribution in [0.4, 0.5) is 0 Å². The predicted octanol–water partition coefficient (Wildman–Crippen LogP) is 5.40. The van der Waals surface area contributed by atoms with Crippen molar-refractivity contribution in [3.63, 3.8) is 0 Å². The Labute approximate surface area is 149 Å². The van der Waals surface area contributed by atoms with Gasteiger partial charge in [-0.2, -0.15) is 0 Å². The first-order valence-electron chi connectivity index (χ1n) is 9.15. The van der Waals surface area contributed by atoms with Gasteiger partial charge in [0.1, 0.15) is 11.4 Å². The molecule has 134 valence electrons. The molecule has 0 spiro atoms. The summed E-state index contributed by atoms with van der Waals surface area (Å²) in [5.41, 5.74) is 1.74. The van der Waals surface area contributed by atoms with E-state index in [9.17, 15) is 9.59 Å². The van der Waals surface area contributed by atoms with E-state index in [1.165, 1.54) is 32.6 Å². The van der Waals surface area contributed by atoms with Crippen LogP contribution >= 0.6 is 0 Å². The first-order valence-corrected chi connectivity index (χ1v) is 9.15. The van der Waals surface area contributed by atoms with Crippen LogP contribution in [0.1, 0.15) is 74.8 Å². The number of carbonyl (C=O) groups excluding carboxylic acids is 2. The Balaban J connectivity index is 2.18. The first-order chi connectivity index (χ1) is 12.0. The fraction of sp³-hybridized carbons (Fsp3) is 0.476. The van der Waals surface area contributed by atoms with Crippen LogP contribution in [0.3, 0.4) is 0 Å². The van der Waals surface area contributed by atoms with Crippen LogP contribution in [0.15, 0.2) is 24.3 Å². The number of fused-ring (bicyclic) bond motifs is 1. The molecule has 0 saturated carbocycles. The highest BCUT2D eigenvalue weighted by molar-refractivity contribution is 6.00. The van der Waals surface area contributed by atoms with Gasteiger partial charge in [-0.1, -0.05) is 51.2 Å². The monoisotopic (exact) mass is 341 g/mol. The lowest BCUT2D eigenvalue weighted by Gasteiger charge is -2.13. The minimum absolute atomic E-state index is 0.0205. The maximum Gasteiger partial charge on any atom is 0.308 e. The Bertz CT molecular complexity index is 752. The van der Waals surface area contributed by atoms with Gasteiger partial charge in [0.2, 0.25) is 0 Å².